The van der Waals surface area contributed by atoms with Crippen molar-refractivity contribution in [1.29, 1.82) is 0 Å². The molecule has 2 aliphatic heterocycles. The highest BCUT2D eigenvalue weighted by molar-refractivity contribution is 7.92. The van der Waals surface area contributed by atoms with Gasteiger partial charge in [0, 0.05) is 46.3 Å². The molecule has 0 saturated carbocycles. The van der Waals surface area contributed by atoms with Crippen LogP contribution in [0.5, 0.6) is 0 Å². The lowest BCUT2D eigenvalue weighted by Crippen LogP contribution is -2.54. The summed E-state index contributed by atoms with van der Waals surface area (Å²) in [5.41, 5.74) is 1.85. The SMILES string of the molecule is CCOC(=O)N1CCN(C(=NC)NCCS(=O)(=O)N2CCc3ccccc32)CC1. The molecule has 9 nitrogen and oxygen atoms in total. The van der Waals surface area contributed by atoms with Gasteiger partial charge in [-0.05, 0) is 25.0 Å². The summed E-state index contributed by atoms with van der Waals surface area (Å²) in [6.07, 6.45) is 0.446. The van der Waals surface area contributed by atoms with Crippen LogP contribution >= 0.6 is 0 Å². The number of rotatable bonds is 5. The first-order valence-corrected chi connectivity index (χ1v) is 11.5. The van der Waals surface area contributed by atoms with E-state index in [0.717, 1.165) is 17.7 Å². The van der Waals surface area contributed by atoms with Crippen LogP contribution in [0.1, 0.15) is 12.5 Å². The lowest BCUT2D eigenvalue weighted by molar-refractivity contribution is 0.0915. The molecule has 160 valence electrons. The number of nitrogens with zero attached hydrogens (tertiary/aromatic N) is 4. The summed E-state index contributed by atoms with van der Waals surface area (Å²) in [6.45, 7) is 5.23. The van der Waals surface area contributed by atoms with Crippen LogP contribution in [0.2, 0.25) is 0 Å². The molecule has 2 aliphatic rings. The minimum absolute atomic E-state index is 0.0108. The number of piperazine rings is 1. The van der Waals surface area contributed by atoms with E-state index in [0.29, 0.717) is 45.3 Å². The molecule has 1 fully saturated rings. The van der Waals surface area contributed by atoms with Crippen molar-refractivity contribution in [2.75, 3.05) is 63.0 Å². The number of anilines is 1. The number of fused-ring (bicyclic) bond motifs is 1. The van der Waals surface area contributed by atoms with Gasteiger partial charge >= 0.3 is 6.09 Å². The molecule has 0 bridgehead atoms. The number of aliphatic imine (C=N–C) groups is 1. The average molecular weight is 424 g/mol. The molecule has 2 heterocycles. The summed E-state index contributed by atoms with van der Waals surface area (Å²) < 4.78 is 32.1. The van der Waals surface area contributed by atoms with E-state index in [1.807, 2.05) is 29.2 Å². The number of hydrogen-bond donors (Lipinski definition) is 1. The molecule has 0 aromatic heterocycles. The lowest BCUT2D eigenvalue weighted by atomic mass is 10.2. The summed E-state index contributed by atoms with van der Waals surface area (Å²) in [7, 11) is -1.73. The van der Waals surface area contributed by atoms with Crippen LogP contribution in [-0.2, 0) is 21.2 Å². The predicted octanol–water partition coefficient (Wildman–Crippen LogP) is 0.728. The molecular formula is C19H29N5O4S. The van der Waals surface area contributed by atoms with Crippen LogP contribution in [0.15, 0.2) is 29.3 Å². The van der Waals surface area contributed by atoms with Gasteiger partial charge in [0.15, 0.2) is 5.96 Å². The Morgan fingerprint density at radius 3 is 2.52 bits per heavy atom. The molecule has 1 saturated heterocycles. The molecule has 1 amide bonds. The smallest absolute Gasteiger partial charge is 0.409 e. The maximum atomic E-state index is 12.8. The van der Waals surface area contributed by atoms with Crippen LogP contribution < -0.4 is 9.62 Å². The van der Waals surface area contributed by atoms with Gasteiger partial charge in [-0.15, -0.1) is 0 Å². The van der Waals surface area contributed by atoms with E-state index in [-0.39, 0.29) is 18.4 Å². The monoisotopic (exact) mass is 423 g/mol. The van der Waals surface area contributed by atoms with Crippen LogP contribution in [0, 0.1) is 0 Å². The van der Waals surface area contributed by atoms with Gasteiger partial charge in [0.2, 0.25) is 10.0 Å². The van der Waals surface area contributed by atoms with Crippen LogP contribution in [0.3, 0.4) is 0 Å². The minimum atomic E-state index is -3.41. The second-order valence-electron chi connectivity index (χ2n) is 6.91. The average Bonchev–Trinajstić information content (AvgIpc) is 3.17. The molecule has 0 unspecified atom stereocenters. The van der Waals surface area contributed by atoms with Crippen LogP contribution in [0.4, 0.5) is 10.5 Å². The number of carbonyl (C=O) groups is 1. The van der Waals surface area contributed by atoms with Gasteiger partial charge in [0.05, 0.1) is 18.0 Å². The minimum Gasteiger partial charge on any atom is -0.450 e. The van der Waals surface area contributed by atoms with E-state index < -0.39 is 10.0 Å². The molecule has 29 heavy (non-hydrogen) atoms. The van der Waals surface area contributed by atoms with Gasteiger partial charge in [-0.1, -0.05) is 18.2 Å². The Labute approximate surface area is 172 Å². The fourth-order valence-electron chi connectivity index (χ4n) is 3.65. The normalized spacial score (nSPS) is 17.3. The first-order valence-electron chi connectivity index (χ1n) is 9.92. The number of carbonyl (C=O) groups excluding carboxylic acids is 1. The van der Waals surface area contributed by atoms with Gasteiger partial charge < -0.3 is 19.9 Å². The van der Waals surface area contributed by atoms with Crippen molar-refractivity contribution in [2.45, 2.75) is 13.3 Å². The van der Waals surface area contributed by atoms with Gasteiger partial charge in [-0.3, -0.25) is 9.30 Å². The van der Waals surface area contributed by atoms with Crippen molar-refractivity contribution in [3.8, 4) is 0 Å². The van der Waals surface area contributed by atoms with Gasteiger partial charge in [-0.2, -0.15) is 0 Å². The third kappa shape index (κ3) is 4.92. The molecule has 1 aromatic carbocycles. The Morgan fingerprint density at radius 2 is 1.83 bits per heavy atom. The maximum Gasteiger partial charge on any atom is 0.409 e. The van der Waals surface area contributed by atoms with Crippen LogP contribution in [-0.4, -0.2) is 88.9 Å². The Morgan fingerprint density at radius 1 is 1.14 bits per heavy atom. The number of sulfonamides is 1. The Hall–Kier alpha value is -2.49. The molecule has 0 radical (unpaired) electrons. The number of guanidine groups is 1. The highest BCUT2D eigenvalue weighted by Crippen LogP contribution is 2.29. The van der Waals surface area contributed by atoms with E-state index >= 15 is 0 Å². The van der Waals surface area contributed by atoms with Crippen LogP contribution in [0.25, 0.3) is 0 Å². The zero-order valence-corrected chi connectivity index (χ0v) is 17.8. The Kier molecular flexibility index (Phi) is 6.83. The summed E-state index contributed by atoms with van der Waals surface area (Å²) in [5, 5.41) is 3.15. The number of amides is 1. The van der Waals surface area contributed by atoms with Crippen molar-refractivity contribution in [1.82, 2.24) is 15.1 Å². The lowest BCUT2D eigenvalue weighted by Gasteiger charge is -2.35. The standard InChI is InChI=1S/C19H29N5O4S/c1-3-28-19(25)23-13-11-22(12-14-23)18(20-2)21-9-15-29(26,27)24-10-8-16-6-4-5-7-17(16)24/h4-7H,3,8-15H2,1-2H3,(H,20,21). The number of para-hydroxylation sites is 1. The molecule has 10 heteroatoms. The molecule has 0 aliphatic carbocycles. The summed E-state index contributed by atoms with van der Waals surface area (Å²) in [6, 6.07) is 7.63. The second-order valence-corrected chi connectivity index (χ2v) is 8.93. The van der Waals surface area contributed by atoms with E-state index in [2.05, 4.69) is 10.3 Å². The van der Waals surface area contributed by atoms with E-state index in [9.17, 15) is 13.2 Å². The van der Waals surface area contributed by atoms with E-state index in [4.69, 9.17) is 4.74 Å². The Balaban J connectivity index is 1.50. The fraction of sp³-hybridized carbons (Fsp3) is 0.579. The second kappa shape index (κ2) is 9.34. The van der Waals surface area contributed by atoms with Gasteiger partial charge in [0.25, 0.3) is 0 Å². The predicted molar refractivity (Wildman–Crippen MR) is 113 cm³/mol. The van der Waals surface area contributed by atoms with E-state index in [1.54, 1.807) is 18.9 Å². The van der Waals surface area contributed by atoms with Gasteiger partial charge in [0.1, 0.15) is 0 Å². The third-order valence-corrected chi connectivity index (χ3v) is 6.91. The van der Waals surface area contributed by atoms with E-state index in [1.165, 1.54) is 4.31 Å². The van der Waals surface area contributed by atoms with Crippen molar-refractivity contribution in [3.05, 3.63) is 29.8 Å². The number of benzene rings is 1. The first kappa shape index (κ1) is 21.2. The molecule has 1 N–H and O–H groups in total. The molecular weight excluding hydrogens is 394 g/mol. The van der Waals surface area contributed by atoms with Crippen molar-refractivity contribution in [3.63, 3.8) is 0 Å². The Bertz CT molecular complexity index is 850. The fourth-order valence-corrected chi connectivity index (χ4v) is 5.07. The van der Waals surface area contributed by atoms with Crippen molar-refractivity contribution >= 4 is 27.8 Å². The largest absolute Gasteiger partial charge is 0.450 e. The summed E-state index contributed by atoms with van der Waals surface area (Å²) in [4.78, 5) is 19.8. The quantitative estimate of drug-likeness (QED) is 0.554. The summed E-state index contributed by atoms with van der Waals surface area (Å²) >= 11 is 0. The first-order chi connectivity index (χ1) is 14.0. The zero-order chi connectivity index (χ0) is 20.9. The molecule has 0 spiro atoms. The third-order valence-electron chi connectivity index (χ3n) is 5.14. The topological polar surface area (TPSA) is 94.5 Å². The van der Waals surface area contributed by atoms with Crippen molar-refractivity contribution in [2.24, 2.45) is 4.99 Å². The molecule has 0 atom stereocenters. The highest BCUT2D eigenvalue weighted by atomic mass is 32.2. The number of hydrogen-bond acceptors (Lipinski definition) is 5. The maximum absolute atomic E-state index is 12.8. The van der Waals surface area contributed by atoms with Crippen molar-refractivity contribution < 1.29 is 17.9 Å². The molecule has 1 aromatic rings. The number of nitrogens with one attached hydrogen (secondary N) is 1. The molecule has 3 rings (SSSR count). The summed E-state index contributed by atoms with van der Waals surface area (Å²) in [5.74, 6) is 0.633. The number of ether oxygens (including phenoxy) is 1. The van der Waals surface area contributed by atoms with Gasteiger partial charge in [-0.25, -0.2) is 13.2 Å². The zero-order valence-electron chi connectivity index (χ0n) is 17.0. The highest BCUT2D eigenvalue weighted by Gasteiger charge is 2.29.